The molecule has 0 aliphatic heterocycles. The van der Waals surface area contributed by atoms with E-state index < -0.39 is 6.04 Å². The molecule has 0 saturated carbocycles. The first kappa shape index (κ1) is 17.9. The standard InChI is InChI=1S/C16H26N4O2/c1-11(2)9-14(19-12(3)21)16(22)18-10-13-7-6-8-17-15(13)20(4)5/h6-8,11,14H,9-10H2,1-5H3,(H,18,22)(H,19,21)/t14-/m0/s1. The largest absolute Gasteiger partial charge is 0.362 e. The number of aromatic nitrogens is 1. The van der Waals surface area contributed by atoms with Crippen molar-refractivity contribution < 1.29 is 9.59 Å². The maximum absolute atomic E-state index is 12.3. The quantitative estimate of drug-likeness (QED) is 0.796. The third-order valence-corrected chi connectivity index (χ3v) is 3.15. The van der Waals surface area contributed by atoms with Gasteiger partial charge in [-0.25, -0.2) is 4.98 Å². The highest BCUT2D eigenvalue weighted by atomic mass is 16.2. The van der Waals surface area contributed by atoms with Crippen LogP contribution in [-0.4, -0.2) is 36.9 Å². The van der Waals surface area contributed by atoms with Gasteiger partial charge in [-0.15, -0.1) is 0 Å². The van der Waals surface area contributed by atoms with Crippen molar-refractivity contribution in [2.24, 2.45) is 5.92 Å². The minimum Gasteiger partial charge on any atom is -0.362 e. The molecule has 0 aliphatic rings. The average molecular weight is 306 g/mol. The van der Waals surface area contributed by atoms with E-state index in [0.29, 0.717) is 18.9 Å². The maximum atomic E-state index is 12.3. The summed E-state index contributed by atoms with van der Waals surface area (Å²) in [6.07, 6.45) is 2.33. The molecule has 0 fully saturated rings. The number of carbonyl (C=O) groups excluding carboxylic acids is 2. The number of hydrogen-bond acceptors (Lipinski definition) is 4. The fourth-order valence-electron chi connectivity index (χ4n) is 2.22. The van der Waals surface area contributed by atoms with E-state index in [1.165, 1.54) is 6.92 Å². The van der Waals surface area contributed by atoms with Crippen LogP contribution in [0.1, 0.15) is 32.8 Å². The van der Waals surface area contributed by atoms with Crippen molar-refractivity contribution in [3.63, 3.8) is 0 Å². The average Bonchev–Trinajstić information content (AvgIpc) is 2.43. The Bertz CT molecular complexity index is 515. The monoisotopic (exact) mass is 306 g/mol. The van der Waals surface area contributed by atoms with Crippen molar-refractivity contribution in [3.8, 4) is 0 Å². The first-order chi connectivity index (χ1) is 10.3. The van der Waals surface area contributed by atoms with E-state index in [4.69, 9.17) is 0 Å². The van der Waals surface area contributed by atoms with Crippen molar-refractivity contribution in [1.82, 2.24) is 15.6 Å². The summed E-state index contributed by atoms with van der Waals surface area (Å²) in [7, 11) is 3.82. The van der Waals surface area contributed by atoms with Gasteiger partial charge in [-0.2, -0.15) is 0 Å². The Hall–Kier alpha value is -2.11. The molecule has 0 spiro atoms. The van der Waals surface area contributed by atoms with Gasteiger partial charge in [-0.05, 0) is 18.4 Å². The molecule has 6 nitrogen and oxygen atoms in total. The molecule has 0 saturated heterocycles. The predicted octanol–water partition coefficient (Wildman–Crippen LogP) is 1.31. The Morgan fingerprint density at radius 2 is 2.00 bits per heavy atom. The SMILES string of the molecule is CC(=O)N[C@@H](CC(C)C)C(=O)NCc1cccnc1N(C)C. The molecule has 2 amide bonds. The highest BCUT2D eigenvalue weighted by Gasteiger charge is 2.20. The van der Waals surface area contributed by atoms with Crippen LogP contribution in [0.25, 0.3) is 0 Å². The number of nitrogens with one attached hydrogen (secondary N) is 2. The van der Waals surface area contributed by atoms with Gasteiger partial charge in [-0.1, -0.05) is 19.9 Å². The minimum absolute atomic E-state index is 0.169. The molecule has 1 rings (SSSR count). The van der Waals surface area contributed by atoms with Crippen molar-refractivity contribution in [2.45, 2.75) is 39.8 Å². The van der Waals surface area contributed by atoms with E-state index in [-0.39, 0.29) is 11.8 Å². The van der Waals surface area contributed by atoms with Gasteiger partial charge in [0.25, 0.3) is 0 Å². The summed E-state index contributed by atoms with van der Waals surface area (Å²) in [5, 5.41) is 5.59. The van der Waals surface area contributed by atoms with Gasteiger partial charge in [0, 0.05) is 39.3 Å². The number of hydrogen-bond donors (Lipinski definition) is 2. The summed E-state index contributed by atoms with van der Waals surface area (Å²) < 4.78 is 0. The van der Waals surface area contributed by atoms with E-state index in [1.54, 1.807) is 6.20 Å². The molecular formula is C16H26N4O2. The molecule has 0 unspecified atom stereocenters. The molecular weight excluding hydrogens is 280 g/mol. The van der Waals surface area contributed by atoms with Gasteiger partial charge in [0.05, 0.1) is 0 Å². The van der Waals surface area contributed by atoms with Crippen LogP contribution in [0.4, 0.5) is 5.82 Å². The number of pyridine rings is 1. The van der Waals surface area contributed by atoms with Crippen molar-refractivity contribution in [3.05, 3.63) is 23.9 Å². The lowest BCUT2D eigenvalue weighted by Crippen LogP contribution is -2.46. The van der Waals surface area contributed by atoms with Crippen LogP contribution in [0.15, 0.2) is 18.3 Å². The van der Waals surface area contributed by atoms with E-state index in [1.807, 2.05) is 45.0 Å². The summed E-state index contributed by atoms with van der Waals surface area (Å²) in [6.45, 7) is 5.85. The summed E-state index contributed by atoms with van der Waals surface area (Å²) >= 11 is 0. The molecule has 122 valence electrons. The van der Waals surface area contributed by atoms with Gasteiger partial charge < -0.3 is 15.5 Å². The molecule has 22 heavy (non-hydrogen) atoms. The fourth-order valence-corrected chi connectivity index (χ4v) is 2.22. The smallest absolute Gasteiger partial charge is 0.242 e. The van der Waals surface area contributed by atoms with Crippen molar-refractivity contribution in [1.29, 1.82) is 0 Å². The van der Waals surface area contributed by atoms with Gasteiger partial charge in [0.1, 0.15) is 11.9 Å². The molecule has 1 aromatic rings. The van der Waals surface area contributed by atoms with E-state index in [2.05, 4.69) is 15.6 Å². The molecule has 0 bridgehead atoms. The molecule has 6 heteroatoms. The molecule has 1 aromatic heterocycles. The zero-order valence-electron chi connectivity index (χ0n) is 14.0. The Morgan fingerprint density at radius 3 is 2.55 bits per heavy atom. The maximum Gasteiger partial charge on any atom is 0.242 e. The lowest BCUT2D eigenvalue weighted by molar-refractivity contribution is -0.128. The first-order valence-corrected chi connectivity index (χ1v) is 7.47. The normalized spacial score (nSPS) is 11.9. The summed E-state index contributed by atoms with van der Waals surface area (Å²) in [5.74, 6) is 0.773. The van der Waals surface area contributed by atoms with Crippen molar-refractivity contribution in [2.75, 3.05) is 19.0 Å². The van der Waals surface area contributed by atoms with Crippen LogP contribution in [0.5, 0.6) is 0 Å². The van der Waals surface area contributed by atoms with Gasteiger partial charge in [-0.3, -0.25) is 9.59 Å². The Balaban J connectivity index is 2.72. The second-order valence-electron chi connectivity index (χ2n) is 5.98. The zero-order chi connectivity index (χ0) is 16.7. The third kappa shape index (κ3) is 5.71. The molecule has 0 radical (unpaired) electrons. The van der Waals surface area contributed by atoms with E-state index >= 15 is 0 Å². The Kier molecular flexibility index (Phi) is 6.82. The number of nitrogens with zero attached hydrogens (tertiary/aromatic N) is 2. The zero-order valence-corrected chi connectivity index (χ0v) is 14.0. The van der Waals surface area contributed by atoms with Gasteiger partial charge >= 0.3 is 0 Å². The van der Waals surface area contributed by atoms with Crippen LogP contribution < -0.4 is 15.5 Å². The Morgan fingerprint density at radius 1 is 1.32 bits per heavy atom. The lowest BCUT2D eigenvalue weighted by atomic mass is 10.0. The van der Waals surface area contributed by atoms with E-state index in [9.17, 15) is 9.59 Å². The summed E-state index contributed by atoms with van der Waals surface area (Å²) in [5.41, 5.74) is 0.937. The van der Waals surface area contributed by atoms with Crippen LogP contribution in [0.3, 0.4) is 0 Å². The van der Waals surface area contributed by atoms with Gasteiger partial charge in [0.15, 0.2) is 0 Å². The van der Waals surface area contributed by atoms with E-state index in [0.717, 1.165) is 11.4 Å². The highest BCUT2D eigenvalue weighted by molar-refractivity contribution is 5.86. The number of anilines is 1. The molecule has 0 aromatic carbocycles. The fraction of sp³-hybridized carbons (Fsp3) is 0.562. The highest BCUT2D eigenvalue weighted by Crippen LogP contribution is 2.14. The summed E-state index contributed by atoms with van der Waals surface area (Å²) in [6, 6.07) is 3.27. The minimum atomic E-state index is -0.503. The third-order valence-electron chi connectivity index (χ3n) is 3.15. The summed E-state index contributed by atoms with van der Waals surface area (Å²) in [4.78, 5) is 29.8. The lowest BCUT2D eigenvalue weighted by Gasteiger charge is -2.20. The van der Waals surface area contributed by atoms with Crippen molar-refractivity contribution >= 4 is 17.6 Å². The topological polar surface area (TPSA) is 74.3 Å². The second kappa shape index (κ2) is 8.36. The Labute approximate surface area is 132 Å². The van der Waals surface area contributed by atoms with Crippen LogP contribution in [-0.2, 0) is 16.1 Å². The molecule has 0 aliphatic carbocycles. The number of carbonyl (C=O) groups is 2. The number of rotatable bonds is 7. The first-order valence-electron chi connectivity index (χ1n) is 7.47. The number of amides is 2. The van der Waals surface area contributed by atoms with Crippen LogP contribution in [0, 0.1) is 5.92 Å². The predicted molar refractivity (Wildman–Crippen MR) is 87.5 cm³/mol. The molecule has 1 atom stereocenters. The van der Waals surface area contributed by atoms with Crippen LogP contribution in [0.2, 0.25) is 0 Å². The molecule has 2 N–H and O–H groups in total. The second-order valence-corrected chi connectivity index (χ2v) is 5.98. The van der Waals surface area contributed by atoms with Gasteiger partial charge in [0.2, 0.25) is 11.8 Å². The molecule has 1 heterocycles. The van der Waals surface area contributed by atoms with Crippen LogP contribution >= 0.6 is 0 Å².